The second kappa shape index (κ2) is 8.09. The Balaban J connectivity index is 1.22. The van der Waals surface area contributed by atoms with Gasteiger partial charge in [-0.2, -0.15) is 0 Å². The van der Waals surface area contributed by atoms with Crippen molar-refractivity contribution in [1.29, 1.82) is 0 Å². The van der Waals surface area contributed by atoms with Crippen LogP contribution in [0.1, 0.15) is 47.6 Å². The van der Waals surface area contributed by atoms with Crippen molar-refractivity contribution in [2.75, 3.05) is 19.6 Å². The summed E-state index contributed by atoms with van der Waals surface area (Å²) in [4.78, 5) is 14.5. The van der Waals surface area contributed by atoms with Gasteiger partial charge in [0, 0.05) is 6.54 Å². The van der Waals surface area contributed by atoms with Crippen LogP contribution >= 0.6 is 0 Å². The molecule has 4 heteroatoms. The highest BCUT2D eigenvalue weighted by molar-refractivity contribution is 5.91. The SMILES string of the molecule is O=C(NCC1CC1)c1ccc(CN2CCC(Cc3ccccc3)CC2)o1. The third-order valence-electron chi connectivity index (χ3n) is 5.59. The Morgan fingerprint density at radius 3 is 2.50 bits per heavy atom. The average Bonchev–Trinajstić information content (AvgIpc) is 3.39. The van der Waals surface area contributed by atoms with Crippen LogP contribution in [-0.4, -0.2) is 30.4 Å². The fourth-order valence-corrected chi connectivity index (χ4v) is 3.75. The summed E-state index contributed by atoms with van der Waals surface area (Å²) >= 11 is 0. The minimum atomic E-state index is -0.0790. The Bertz CT molecular complexity index is 713. The molecule has 2 aliphatic rings. The van der Waals surface area contributed by atoms with Crippen LogP contribution in [0.2, 0.25) is 0 Å². The zero-order valence-corrected chi connectivity index (χ0v) is 15.3. The van der Waals surface area contributed by atoms with Gasteiger partial charge in [-0.15, -0.1) is 0 Å². The number of carbonyl (C=O) groups excluding carboxylic acids is 1. The molecular formula is C22H28N2O2. The van der Waals surface area contributed by atoms with E-state index in [-0.39, 0.29) is 5.91 Å². The summed E-state index contributed by atoms with van der Waals surface area (Å²) in [5, 5.41) is 2.96. The van der Waals surface area contributed by atoms with Gasteiger partial charge in [0.2, 0.25) is 0 Å². The molecule has 26 heavy (non-hydrogen) atoms. The van der Waals surface area contributed by atoms with E-state index in [1.807, 2.05) is 6.07 Å². The molecule has 0 radical (unpaired) electrons. The van der Waals surface area contributed by atoms with Gasteiger partial charge in [-0.25, -0.2) is 0 Å². The number of piperidine rings is 1. The third-order valence-corrected chi connectivity index (χ3v) is 5.59. The lowest BCUT2D eigenvalue weighted by molar-refractivity contribution is 0.0918. The number of rotatable bonds is 7. The van der Waals surface area contributed by atoms with Crippen molar-refractivity contribution >= 4 is 5.91 Å². The van der Waals surface area contributed by atoms with Crippen molar-refractivity contribution in [2.45, 2.75) is 38.6 Å². The number of likely N-dealkylation sites (tertiary alicyclic amines) is 1. The Labute approximate surface area is 155 Å². The van der Waals surface area contributed by atoms with E-state index in [2.05, 4.69) is 40.5 Å². The number of furan rings is 1. The molecule has 2 aromatic rings. The number of amides is 1. The molecule has 1 aromatic heterocycles. The highest BCUT2D eigenvalue weighted by atomic mass is 16.4. The molecule has 4 nitrogen and oxygen atoms in total. The van der Waals surface area contributed by atoms with Crippen LogP contribution in [0, 0.1) is 11.8 Å². The average molecular weight is 352 g/mol. The first-order chi connectivity index (χ1) is 12.8. The molecule has 1 N–H and O–H groups in total. The maximum Gasteiger partial charge on any atom is 0.287 e. The van der Waals surface area contributed by atoms with Crippen molar-refractivity contribution in [3.63, 3.8) is 0 Å². The summed E-state index contributed by atoms with van der Waals surface area (Å²) in [5.74, 6) is 2.71. The molecule has 2 heterocycles. The van der Waals surface area contributed by atoms with E-state index in [0.717, 1.165) is 37.9 Å². The number of carbonyl (C=O) groups is 1. The molecule has 1 aliphatic heterocycles. The summed E-state index contributed by atoms with van der Waals surface area (Å²) in [6.45, 7) is 3.78. The molecule has 1 amide bonds. The van der Waals surface area contributed by atoms with Gasteiger partial charge >= 0.3 is 0 Å². The summed E-state index contributed by atoms with van der Waals surface area (Å²) in [7, 11) is 0. The smallest absolute Gasteiger partial charge is 0.287 e. The van der Waals surface area contributed by atoms with Crippen molar-refractivity contribution in [1.82, 2.24) is 10.2 Å². The molecule has 1 saturated heterocycles. The number of benzene rings is 1. The minimum absolute atomic E-state index is 0.0790. The molecule has 1 aromatic carbocycles. The first-order valence-corrected chi connectivity index (χ1v) is 9.89. The normalized spacial score (nSPS) is 18.8. The molecule has 0 spiro atoms. The van der Waals surface area contributed by atoms with Crippen molar-refractivity contribution in [2.24, 2.45) is 11.8 Å². The van der Waals surface area contributed by atoms with Gasteiger partial charge < -0.3 is 9.73 Å². The Hall–Kier alpha value is -2.07. The predicted octanol–water partition coefficient (Wildman–Crippen LogP) is 3.87. The third kappa shape index (κ3) is 4.76. The fraction of sp³-hybridized carbons (Fsp3) is 0.500. The van der Waals surface area contributed by atoms with Crippen LogP contribution < -0.4 is 5.32 Å². The van der Waals surface area contributed by atoms with Crippen LogP contribution in [0.3, 0.4) is 0 Å². The molecule has 1 aliphatic carbocycles. The van der Waals surface area contributed by atoms with Gasteiger partial charge in [0.05, 0.1) is 6.54 Å². The lowest BCUT2D eigenvalue weighted by Crippen LogP contribution is -2.33. The zero-order chi connectivity index (χ0) is 17.8. The van der Waals surface area contributed by atoms with Crippen LogP contribution in [0.4, 0.5) is 0 Å². The lowest BCUT2D eigenvalue weighted by Gasteiger charge is -2.31. The highest BCUT2D eigenvalue weighted by Gasteiger charge is 2.23. The topological polar surface area (TPSA) is 45.5 Å². The Morgan fingerprint density at radius 2 is 1.77 bits per heavy atom. The molecule has 4 rings (SSSR count). The van der Waals surface area contributed by atoms with E-state index in [1.54, 1.807) is 6.07 Å². The lowest BCUT2D eigenvalue weighted by atomic mass is 9.90. The Kier molecular flexibility index (Phi) is 5.40. The quantitative estimate of drug-likeness (QED) is 0.823. The second-order valence-corrected chi connectivity index (χ2v) is 7.83. The molecule has 0 bridgehead atoms. The standard InChI is InChI=1S/C22H28N2O2/c25-22(23-15-19-6-7-19)21-9-8-20(26-21)16-24-12-10-18(11-13-24)14-17-4-2-1-3-5-17/h1-5,8-9,18-19H,6-7,10-16H2,(H,23,25). The predicted molar refractivity (Wildman–Crippen MR) is 102 cm³/mol. The number of hydrogen-bond donors (Lipinski definition) is 1. The summed E-state index contributed by atoms with van der Waals surface area (Å²) in [6, 6.07) is 14.5. The van der Waals surface area contributed by atoms with E-state index >= 15 is 0 Å². The van der Waals surface area contributed by atoms with Crippen molar-refractivity contribution in [3.05, 3.63) is 59.5 Å². The number of nitrogens with one attached hydrogen (secondary N) is 1. The van der Waals surface area contributed by atoms with Gasteiger partial charge in [0.15, 0.2) is 5.76 Å². The van der Waals surface area contributed by atoms with Crippen molar-refractivity contribution < 1.29 is 9.21 Å². The minimum Gasteiger partial charge on any atom is -0.455 e. The molecule has 1 saturated carbocycles. The van der Waals surface area contributed by atoms with E-state index in [4.69, 9.17) is 4.42 Å². The van der Waals surface area contributed by atoms with E-state index in [9.17, 15) is 4.79 Å². The highest BCUT2D eigenvalue weighted by Crippen LogP contribution is 2.27. The van der Waals surface area contributed by atoms with Gasteiger partial charge in [-0.05, 0) is 74.7 Å². The second-order valence-electron chi connectivity index (χ2n) is 7.83. The van der Waals surface area contributed by atoms with Crippen LogP contribution in [0.15, 0.2) is 46.9 Å². The molecule has 0 atom stereocenters. The Morgan fingerprint density at radius 1 is 1.00 bits per heavy atom. The monoisotopic (exact) mass is 352 g/mol. The first kappa shape index (κ1) is 17.3. The largest absolute Gasteiger partial charge is 0.455 e. The van der Waals surface area contributed by atoms with Gasteiger partial charge in [0.1, 0.15) is 5.76 Å². The molecule has 138 valence electrons. The zero-order valence-electron chi connectivity index (χ0n) is 15.3. The van der Waals surface area contributed by atoms with Crippen LogP contribution in [0.5, 0.6) is 0 Å². The molecule has 2 fully saturated rings. The fourth-order valence-electron chi connectivity index (χ4n) is 3.75. The van der Waals surface area contributed by atoms with Crippen LogP contribution in [0.25, 0.3) is 0 Å². The van der Waals surface area contributed by atoms with Gasteiger partial charge in [0.25, 0.3) is 5.91 Å². The maximum atomic E-state index is 12.1. The van der Waals surface area contributed by atoms with E-state index in [0.29, 0.717) is 11.7 Å². The molecular weight excluding hydrogens is 324 g/mol. The van der Waals surface area contributed by atoms with E-state index in [1.165, 1.54) is 37.7 Å². The van der Waals surface area contributed by atoms with Crippen LogP contribution in [-0.2, 0) is 13.0 Å². The summed E-state index contributed by atoms with van der Waals surface area (Å²) < 4.78 is 5.77. The first-order valence-electron chi connectivity index (χ1n) is 9.89. The number of nitrogens with zero attached hydrogens (tertiary/aromatic N) is 1. The number of hydrogen-bond acceptors (Lipinski definition) is 3. The maximum absolute atomic E-state index is 12.1. The van der Waals surface area contributed by atoms with Crippen molar-refractivity contribution in [3.8, 4) is 0 Å². The van der Waals surface area contributed by atoms with Gasteiger partial charge in [-0.3, -0.25) is 9.69 Å². The molecule has 0 unspecified atom stereocenters. The summed E-state index contributed by atoms with van der Waals surface area (Å²) in [6.07, 6.45) is 6.11. The summed E-state index contributed by atoms with van der Waals surface area (Å²) in [5.41, 5.74) is 1.44. The van der Waals surface area contributed by atoms with E-state index < -0.39 is 0 Å². The van der Waals surface area contributed by atoms with Gasteiger partial charge in [-0.1, -0.05) is 30.3 Å².